The van der Waals surface area contributed by atoms with Crippen molar-refractivity contribution in [2.75, 3.05) is 0 Å². The molecular weight excluding hydrogens is 330 g/mol. The van der Waals surface area contributed by atoms with Crippen LogP contribution in [0.25, 0.3) is 0 Å². The molecule has 0 radical (unpaired) electrons. The topological polar surface area (TPSA) is 12.0 Å². The molecule has 0 amide bonds. The summed E-state index contributed by atoms with van der Waals surface area (Å²) in [5, 5.41) is 3.00. The van der Waals surface area contributed by atoms with E-state index in [1.807, 2.05) is 0 Å². The summed E-state index contributed by atoms with van der Waals surface area (Å²) in [6, 6.07) is 23.1. The standard InChI is InChI=1S/C24H29NSi/c1-24(19-11-12-20-24)26(22-15-7-3-8-16-22,23-17-9-4-10-18-23)25-21-13-5-2-6-14-21/h3-4,7-12,15-21,25H,2,5-6,13-14H2,1H3. The van der Waals surface area contributed by atoms with Gasteiger partial charge in [0.1, 0.15) is 0 Å². The Labute approximate surface area is 158 Å². The quantitative estimate of drug-likeness (QED) is 0.772. The van der Waals surface area contributed by atoms with Crippen molar-refractivity contribution in [1.82, 2.24) is 4.98 Å². The van der Waals surface area contributed by atoms with E-state index in [4.69, 9.17) is 0 Å². The maximum absolute atomic E-state index is 4.32. The molecule has 0 atom stereocenters. The van der Waals surface area contributed by atoms with E-state index in [2.05, 4.69) is 96.9 Å². The van der Waals surface area contributed by atoms with Gasteiger partial charge < -0.3 is 4.98 Å². The number of nitrogens with one attached hydrogen (secondary N) is 1. The zero-order valence-corrected chi connectivity index (χ0v) is 16.7. The van der Waals surface area contributed by atoms with Gasteiger partial charge in [-0.05, 0) is 23.2 Å². The third-order valence-electron chi connectivity index (χ3n) is 6.24. The van der Waals surface area contributed by atoms with Crippen molar-refractivity contribution < 1.29 is 0 Å². The second-order valence-corrected chi connectivity index (χ2v) is 12.0. The Bertz CT molecular complexity index is 721. The first-order chi connectivity index (χ1) is 12.7. The van der Waals surface area contributed by atoms with Gasteiger partial charge in [0, 0.05) is 11.1 Å². The van der Waals surface area contributed by atoms with Crippen molar-refractivity contribution in [3.8, 4) is 0 Å². The molecule has 1 saturated carbocycles. The van der Waals surface area contributed by atoms with Crippen molar-refractivity contribution in [2.24, 2.45) is 0 Å². The number of benzene rings is 2. The molecule has 0 unspecified atom stereocenters. The van der Waals surface area contributed by atoms with E-state index in [1.54, 1.807) is 0 Å². The first-order valence-corrected chi connectivity index (χ1v) is 12.0. The highest BCUT2D eigenvalue weighted by molar-refractivity contribution is 7.03. The van der Waals surface area contributed by atoms with E-state index in [9.17, 15) is 0 Å². The predicted octanol–water partition coefficient (Wildman–Crippen LogP) is 4.55. The monoisotopic (exact) mass is 359 g/mol. The molecule has 2 aliphatic carbocycles. The van der Waals surface area contributed by atoms with Crippen molar-refractivity contribution in [3.05, 3.63) is 85.0 Å². The van der Waals surface area contributed by atoms with Crippen LogP contribution >= 0.6 is 0 Å². The maximum atomic E-state index is 4.32. The molecule has 0 bridgehead atoms. The molecule has 2 aromatic rings. The molecule has 4 rings (SSSR count). The lowest BCUT2D eigenvalue weighted by Gasteiger charge is -2.47. The molecule has 0 saturated heterocycles. The lowest BCUT2D eigenvalue weighted by atomic mass is 9.96. The van der Waals surface area contributed by atoms with Gasteiger partial charge in [0.15, 0.2) is 0 Å². The van der Waals surface area contributed by atoms with E-state index in [0.717, 1.165) is 0 Å². The highest BCUT2D eigenvalue weighted by Crippen LogP contribution is 2.42. The van der Waals surface area contributed by atoms with Gasteiger partial charge >= 0.3 is 0 Å². The van der Waals surface area contributed by atoms with Gasteiger partial charge in [-0.25, -0.2) is 0 Å². The minimum Gasteiger partial charge on any atom is -0.327 e. The highest BCUT2D eigenvalue weighted by Gasteiger charge is 2.52. The third kappa shape index (κ3) is 3.02. The molecule has 2 aliphatic rings. The third-order valence-corrected chi connectivity index (χ3v) is 11.4. The summed E-state index contributed by atoms with van der Waals surface area (Å²) in [6.45, 7) is 2.43. The average molecular weight is 360 g/mol. The van der Waals surface area contributed by atoms with Crippen LogP contribution in [0.15, 0.2) is 85.0 Å². The van der Waals surface area contributed by atoms with Crippen LogP contribution in [0.5, 0.6) is 0 Å². The molecular formula is C24H29NSi. The summed E-state index contributed by atoms with van der Waals surface area (Å²) < 4.78 is 0. The van der Waals surface area contributed by atoms with Crippen LogP contribution < -0.4 is 15.4 Å². The minimum atomic E-state index is -2.25. The number of hydrogen-bond acceptors (Lipinski definition) is 1. The van der Waals surface area contributed by atoms with Gasteiger partial charge in [0.25, 0.3) is 0 Å². The van der Waals surface area contributed by atoms with Crippen LogP contribution in [0.3, 0.4) is 0 Å². The Morgan fingerprint density at radius 2 is 1.27 bits per heavy atom. The first kappa shape index (κ1) is 17.5. The number of rotatable bonds is 5. The fourth-order valence-electron chi connectivity index (χ4n) is 4.86. The minimum absolute atomic E-state index is 0.0349. The molecule has 1 N–H and O–H groups in total. The number of allylic oxidation sites excluding steroid dienone is 4. The number of hydrogen-bond donors (Lipinski definition) is 1. The lowest BCUT2D eigenvalue weighted by molar-refractivity contribution is 0.413. The zero-order chi connectivity index (χ0) is 17.9. The van der Waals surface area contributed by atoms with Gasteiger partial charge in [0.05, 0.1) is 0 Å². The molecule has 1 fully saturated rings. The smallest absolute Gasteiger partial charge is 0.203 e. The highest BCUT2D eigenvalue weighted by atomic mass is 28.3. The van der Waals surface area contributed by atoms with Crippen LogP contribution in [0.1, 0.15) is 39.0 Å². The van der Waals surface area contributed by atoms with Gasteiger partial charge in [-0.15, -0.1) is 0 Å². The maximum Gasteiger partial charge on any atom is 0.203 e. The summed E-state index contributed by atoms with van der Waals surface area (Å²) in [7, 11) is -2.25. The van der Waals surface area contributed by atoms with E-state index < -0.39 is 8.24 Å². The lowest BCUT2D eigenvalue weighted by Crippen LogP contribution is -2.75. The molecule has 0 aromatic heterocycles. The molecule has 0 aliphatic heterocycles. The molecule has 134 valence electrons. The fourth-order valence-corrected chi connectivity index (χ4v) is 10.1. The Morgan fingerprint density at radius 1 is 0.769 bits per heavy atom. The van der Waals surface area contributed by atoms with E-state index in [1.165, 1.54) is 42.5 Å². The summed E-state index contributed by atoms with van der Waals surface area (Å²) in [5.74, 6) is 0. The van der Waals surface area contributed by atoms with E-state index in [-0.39, 0.29) is 5.04 Å². The SMILES string of the molecule is CC1([Si](NC2CCCCC2)(c2ccccc2)c2ccccc2)C=CC=C1. The largest absolute Gasteiger partial charge is 0.327 e. The van der Waals surface area contributed by atoms with Crippen LogP contribution in [0, 0.1) is 0 Å². The fraction of sp³-hybridized carbons (Fsp3) is 0.333. The summed E-state index contributed by atoms with van der Waals surface area (Å²) in [4.78, 5) is 4.32. The van der Waals surface area contributed by atoms with Crippen molar-refractivity contribution in [1.29, 1.82) is 0 Å². The Hall–Kier alpha value is -1.90. The Morgan fingerprint density at radius 3 is 1.77 bits per heavy atom. The van der Waals surface area contributed by atoms with E-state index in [0.29, 0.717) is 6.04 Å². The molecule has 26 heavy (non-hydrogen) atoms. The van der Waals surface area contributed by atoms with Crippen molar-refractivity contribution in [3.63, 3.8) is 0 Å². The molecule has 2 heteroatoms. The van der Waals surface area contributed by atoms with Crippen molar-refractivity contribution in [2.45, 2.75) is 50.1 Å². The average Bonchev–Trinajstić information content (AvgIpc) is 3.16. The van der Waals surface area contributed by atoms with Gasteiger partial charge in [-0.2, -0.15) is 0 Å². The van der Waals surface area contributed by atoms with Crippen LogP contribution in [-0.2, 0) is 0 Å². The predicted molar refractivity (Wildman–Crippen MR) is 115 cm³/mol. The normalized spacial score (nSPS) is 19.7. The van der Waals surface area contributed by atoms with E-state index >= 15 is 0 Å². The Balaban J connectivity index is 1.90. The summed E-state index contributed by atoms with van der Waals surface area (Å²) in [6.07, 6.45) is 16.0. The molecule has 0 heterocycles. The van der Waals surface area contributed by atoms with Gasteiger partial charge in [-0.1, -0.05) is 111 Å². The molecule has 1 nitrogen and oxygen atoms in total. The zero-order valence-electron chi connectivity index (χ0n) is 15.7. The van der Waals surface area contributed by atoms with Crippen molar-refractivity contribution >= 4 is 18.6 Å². The molecule has 2 aromatic carbocycles. The van der Waals surface area contributed by atoms with Crippen LogP contribution in [0.4, 0.5) is 0 Å². The van der Waals surface area contributed by atoms with Gasteiger partial charge in [-0.3, -0.25) is 0 Å². The Kier molecular flexibility index (Phi) is 4.97. The van der Waals surface area contributed by atoms with Crippen LogP contribution in [0.2, 0.25) is 5.04 Å². The summed E-state index contributed by atoms with van der Waals surface area (Å²) in [5.41, 5.74) is 0. The van der Waals surface area contributed by atoms with Gasteiger partial charge in [0.2, 0.25) is 8.24 Å². The second kappa shape index (κ2) is 7.38. The first-order valence-electron chi connectivity index (χ1n) is 10.0. The molecule has 0 spiro atoms. The summed E-state index contributed by atoms with van der Waals surface area (Å²) >= 11 is 0. The van der Waals surface area contributed by atoms with Crippen LogP contribution in [-0.4, -0.2) is 14.3 Å². The second-order valence-electron chi connectivity index (χ2n) is 7.96.